The van der Waals surface area contributed by atoms with Crippen molar-refractivity contribution < 1.29 is 9.32 Å². The second-order valence-electron chi connectivity index (χ2n) is 4.32. The van der Waals surface area contributed by atoms with Crippen molar-refractivity contribution in [3.63, 3.8) is 0 Å². The molecule has 1 atom stereocenters. The molecule has 0 aliphatic carbocycles. The van der Waals surface area contributed by atoms with Crippen LogP contribution in [0, 0.1) is 6.92 Å². The van der Waals surface area contributed by atoms with Gasteiger partial charge in [0, 0.05) is 26.2 Å². The number of hydrogen-bond acceptors (Lipinski definition) is 6. The first kappa shape index (κ1) is 13.0. The molecule has 100 valence electrons. The van der Waals surface area contributed by atoms with E-state index in [1.54, 1.807) is 6.92 Å². The van der Waals surface area contributed by atoms with Crippen LogP contribution in [0.3, 0.4) is 0 Å². The van der Waals surface area contributed by atoms with E-state index in [-0.39, 0.29) is 11.9 Å². The number of likely N-dealkylation sites (N-methyl/N-ethyl adjacent to an activating group) is 1. The van der Waals surface area contributed by atoms with Crippen molar-refractivity contribution in [1.29, 1.82) is 0 Å². The van der Waals surface area contributed by atoms with Crippen LogP contribution in [0.5, 0.6) is 0 Å². The van der Waals surface area contributed by atoms with Gasteiger partial charge in [0.25, 0.3) is 0 Å². The highest BCUT2D eigenvalue weighted by atomic mass is 16.5. The monoisotopic (exact) mass is 253 g/mol. The summed E-state index contributed by atoms with van der Waals surface area (Å²) in [6.45, 7) is 7.17. The fraction of sp³-hybridized carbons (Fsp3) is 0.727. The van der Waals surface area contributed by atoms with Crippen molar-refractivity contribution in [2.75, 3.05) is 26.2 Å². The van der Waals surface area contributed by atoms with Crippen molar-refractivity contribution in [2.24, 2.45) is 0 Å². The third-order valence-electron chi connectivity index (χ3n) is 2.92. The number of aromatic nitrogens is 2. The fourth-order valence-corrected chi connectivity index (χ4v) is 2.06. The normalized spacial score (nSPS) is 20.9. The first-order valence-corrected chi connectivity index (χ1v) is 6.22. The molecule has 18 heavy (non-hydrogen) atoms. The van der Waals surface area contributed by atoms with Gasteiger partial charge in [-0.1, -0.05) is 5.16 Å². The van der Waals surface area contributed by atoms with Crippen LogP contribution >= 0.6 is 0 Å². The number of piperazine rings is 1. The predicted octanol–water partition coefficient (Wildman–Crippen LogP) is -0.712. The van der Waals surface area contributed by atoms with E-state index in [2.05, 4.69) is 25.7 Å². The number of carbonyl (C=O) groups excluding carboxylic acids is 1. The number of hydrogen-bond donors (Lipinski definition) is 2. The first-order valence-electron chi connectivity index (χ1n) is 6.22. The number of aryl methyl sites for hydroxylation is 1. The molecule has 1 amide bonds. The molecule has 7 nitrogen and oxygen atoms in total. The van der Waals surface area contributed by atoms with Crippen LogP contribution in [-0.2, 0) is 11.3 Å². The van der Waals surface area contributed by atoms with Crippen molar-refractivity contribution in [2.45, 2.75) is 26.4 Å². The van der Waals surface area contributed by atoms with E-state index in [0.717, 1.165) is 13.1 Å². The Morgan fingerprint density at radius 1 is 1.67 bits per heavy atom. The summed E-state index contributed by atoms with van der Waals surface area (Å²) >= 11 is 0. The summed E-state index contributed by atoms with van der Waals surface area (Å²) < 4.78 is 5.10. The molecule has 0 bridgehead atoms. The lowest BCUT2D eigenvalue weighted by molar-refractivity contribution is -0.127. The number of rotatable bonds is 4. The Labute approximate surface area is 106 Å². The van der Waals surface area contributed by atoms with Crippen LogP contribution in [0.25, 0.3) is 0 Å². The smallest absolute Gasteiger partial charge is 0.240 e. The summed E-state index contributed by atoms with van der Waals surface area (Å²) in [5.41, 5.74) is 0. The van der Waals surface area contributed by atoms with Crippen molar-refractivity contribution >= 4 is 5.91 Å². The highest BCUT2D eigenvalue weighted by molar-refractivity contribution is 5.82. The van der Waals surface area contributed by atoms with Gasteiger partial charge in [0.2, 0.25) is 11.8 Å². The Balaban J connectivity index is 2.01. The molecule has 1 fully saturated rings. The molecule has 1 saturated heterocycles. The summed E-state index contributed by atoms with van der Waals surface area (Å²) in [6, 6.07) is -0.175. The van der Waals surface area contributed by atoms with Gasteiger partial charge in [0.05, 0.1) is 6.54 Å². The van der Waals surface area contributed by atoms with Gasteiger partial charge in [-0.25, -0.2) is 0 Å². The topological polar surface area (TPSA) is 83.3 Å². The lowest BCUT2D eigenvalue weighted by Crippen LogP contribution is -2.57. The van der Waals surface area contributed by atoms with Gasteiger partial charge in [-0.15, -0.1) is 0 Å². The zero-order valence-electron chi connectivity index (χ0n) is 10.8. The highest BCUT2D eigenvalue weighted by Crippen LogP contribution is 2.09. The minimum absolute atomic E-state index is 0.0425. The van der Waals surface area contributed by atoms with Crippen LogP contribution < -0.4 is 10.6 Å². The summed E-state index contributed by atoms with van der Waals surface area (Å²) in [5.74, 6) is 1.22. The number of nitrogens with one attached hydrogen (secondary N) is 2. The van der Waals surface area contributed by atoms with Crippen LogP contribution in [0.15, 0.2) is 4.52 Å². The van der Waals surface area contributed by atoms with Crippen LogP contribution in [0.2, 0.25) is 0 Å². The first-order chi connectivity index (χ1) is 8.70. The average Bonchev–Trinajstić information content (AvgIpc) is 2.76. The number of amides is 1. The molecule has 2 rings (SSSR count). The predicted molar refractivity (Wildman–Crippen MR) is 64.8 cm³/mol. The van der Waals surface area contributed by atoms with Gasteiger partial charge in [-0.2, -0.15) is 4.98 Å². The maximum atomic E-state index is 11.9. The molecule has 0 aromatic carbocycles. The minimum atomic E-state index is -0.175. The van der Waals surface area contributed by atoms with E-state index < -0.39 is 0 Å². The maximum absolute atomic E-state index is 11.9. The van der Waals surface area contributed by atoms with Crippen molar-refractivity contribution in [1.82, 2.24) is 25.7 Å². The minimum Gasteiger partial charge on any atom is -0.355 e. The lowest BCUT2D eigenvalue weighted by Gasteiger charge is -2.33. The van der Waals surface area contributed by atoms with E-state index in [4.69, 9.17) is 4.52 Å². The quantitative estimate of drug-likeness (QED) is 0.737. The number of nitrogens with zero attached hydrogens (tertiary/aromatic N) is 3. The van der Waals surface area contributed by atoms with Crippen LogP contribution in [0.4, 0.5) is 0 Å². The molecule has 1 unspecified atom stereocenters. The zero-order chi connectivity index (χ0) is 13.0. The summed E-state index contributed by atoms with van der Waals surface area (Å²) in [7, 11) is 0. The Hall–Kier alpha value is -1.47. The van der Waals surface area contributed by atoms with Gasteiger partial charge in [-0.05, 0) is 13.8 Å². The largest absolute Gasteiger partial charge is 0.355 e. The SMILES string of the molecule is CCNC(=O)C1CNCCN1Cc1nc(C)no1. The van der Waals surface area contributed by atoms with Gasteiger partial charge in [0.15, 0.2) is 5.82 Å². The molecule has 1 aromatic heterocycles. The van der Waals surface area contributed by atoms with Gasteiger partial charge < -0.3 is 15.2 Å². The standard InChI is InChI=1S/C11H19N5O2/c1-3-13-11(17)9-6-12-4-5-16(9)7-10-14-8(2)15-18-10/h9,12H,3-7H2,1-2H3,(H,13,17). The van der Waals surface area contributed by atoms with Crippen LogP contribution in [-0.4, -0.2) is 53.2 Å². The van der Waals surface area contributed by atoms with E-state index in [1.165, 1.54) is 0 Å². The second kappa shape index (κ2) is 5.92. The third-order valence-corrected chi connectivity index (χ3v) is 2.92. The van der Waals surface area contributed by atoms with Crippen LogP contribution in [0.1, 0.15) is 18.6 Å². The molecule has 7 heteroatoms. The number of carbonyl (C=O) groups is 1. The maximum Gasteiger partial charge on any atom is 0.240 e. The molecular weight excluding hydrogens is 234 g/mol. The van der Waals surface area contributed by atoms with E-state index in [9.17, 15) is 4.79 Å². The average molecular weight is 253 g/mol. The van der Waals surface area contributed by atoms with Crippen molar-refractivity contribution in [3.05, 3.63) is 11.7 Å². The molecule has 0 saturated carbocycles. The van der Waals surface area contributed by atoms with E-state index in [0.29, 0.717) is 31.3 Å². The lowest BCUT2D eigenvalue weighted by atomic mass is 10.1. The molecule has 1 aliphatic rings. The summed E-state index contributed by atoms with van der Waals surface area (Å²) in [4.78, 5) is 18.2. The fourth-order valence-electron chi connectivity index (χ4n) is 2.06. The molecule has 1 aliphatic heterocycles. The Bertz CT molecular complexity index is 406. The molecule has 0 spiro atoms. The Kier molecular flexibility index (Phi) is 4.27. The van der Waals surface area contributed by atoms with E-state index in [1.807, 2.05) is 6.92 Å². The summed E-state index contributed by atoms with van der Waals surface area (Å²) in [5, 5.41) is 9.83. The molecular formula is C11H19N5O2. The second-order valence-corrected chi connectivity index (χ2v) is 4.32. The van der Waals surface area contributed by atoms with Crippen molar-refractivity contribution in [3.8, 4) is 0 Å². The third kappa shape index (κ3) is 3.05. The van der Waals surface area contributed by atoms with Gasteiger partial charge >= 0.3 is 0 Å². The van der Waals surface area contributed by atoms with Gasteiger partial charge in [-0.3, -0.25) is 9.69 Å². The summed E-state index contributed by atoms with van der Waals surface area (Å²) in [6.07, 6.45) is 0. The molecule has 2 heterocycles. The van der Waals surface area contributed by atoms with E-state index >= 15 is 0 Å². The molecule has 1 aromatic rings. The Morgan fingerprint density at radius 2 is 2.50 bits per heavy atom. The van der Waals surface area contributed by atoms with Gasteiger partial charge in [0.1, 0.15) is 6.04 Å². The zero-order valence-corrected chi connectivity index (χ0v) is 10.8. The molecule has 2 N–H and O–H groups in total. The highest BCUT2D eigenvalue weighted by Gasteiger charge is 2.29. The molecule has 0 radical (unpaired) electrons. The Morgan fingerprint density at radius 3 is 3.17 bits per heavy atom.